The maximum atomic E-state index is 10.7. The average Bonchev–Trinajstić information content (AvgIpc) is 2.37. The Balaban J connectivity index is 2.87. The van der Waals surface area contributed by atoms with Crippen LogP contribution in [0.25, 0.3) is 0 Å². The Morgan fingerprint density at radius 2 is 2.50 bits per heavy atom. The predicted octanol–water partition coefficient (Wildman–Crippen LogP) is 1.86. The van der Waals surface area contributed by atoms with Gasteiger partial charge in [0.25, 0.3) is 0 Å². The molecule has 1 atom stereocenters. The molecule has 1 heterocycles. The first-order valence-corrected chi connectivity index (χ1v) is 4.96. The highest BCUT2D eigenvalue weighted by atomic mass is 79.9. The summed E-state index contributed by atoms with van der Waals surface area (Å²) in [6.07, 6.45) is 0. The van der Waals surface area contributed by atoms with E-state index in [0.717, 1.165) is 9.35 Å². The Kier molecular flexibility index (Phi) is 3.25. The summed E-state index contributed by atoms with van der Waals surface area (Å²) in [5.41, 5.74) is 0. The van der Waals surface area contributed by atoms with E-state index in [1.54, 1.807) is 13.1 Å². The first-order valence-electron chi connectivity index (χ1n) is 3.29. The summed E-state index contributed by atoms with van der Waals surface area (Å²) < 4.78 is 0.920. The highest BCUT2D eigenvalue weighted by Gasteiger charge is 2.18. The molecule has 0 spiro atoms. The summed E-state index contributed by atoms with van der Waals surface area (Å²) in [5, 5.41) is 13.3. The Bertz CT molecular complexity index is 287. The van der Waals surface area contributed by atoms with Crippen LogP contribution in [-0.2, 0) is 4.79 Å². The molecule has 2 N–H and O–H groups in total. The van der Waals surface area contributed by atoms with Gasteiger partial charge in [-0.1, -0.05) is 0 Å². The molecule has 3 nitrogen and oxygen atoms in total. The normalized spacial score (nSPS) is 12.8. The number of nitrogens with one attached hydrogen (secondary N) is 1. The zero-order valence-corrected chi connectivity index (χ0v) is 8.78. The van der Waals surface area contributed by atoms with Crippen LogP contribution in [0.3, 0.4) is 0 Å². The quantitative estimate of drug-likeness (QED) is 0.860. The van der Waals surface area contributed by atoms with Gasteiger partial charge >= 0.3 is 5.97 Å². The van der Waals surface area contributed by atoms with Crippen molar-refractivity contribution in [2.75, 3.05) is 7.05 Å². The first kappa shape index (κ1) is 9.70. The molecule has 12 heavy (non-hydrogen) atoms. The fraction of sp³-hybridized carbons (Fsp3) is 0.286. The molecule has 0 amide bonds. The van der Waals surface area contributed by atoms with Crippen LogP contribution in [-0.4, -0.2) is 18.1 Å². The summed E-state index contributed by atoms with van der Waals surface area (Å²) in [4.78, 5) is 11.5. The first-order chi connectivity index (χ1) is 5.65. The van der Waals surface area contributed by atoms with Crippen molar-refractivity contribution in [1.82, 2.24) is 5.32 Å². The van der Waals surface area contributed by atoms with Gasteiger partial charge in [-0.05, 0) is 29.0 Å². The largest absolute Gasteiger partial charge is 0.480 e. The van der Waals surface area contributed by atoms with E-state index >= 15 is 0 Å². The van der Waals surface area contributed by atoms with E-state index in [1.165, 1.54) is 11.3 Å². The number of thiophene rings is 1. The van der Waals surface area contributed by atoms with E-state index in [9.17, 15) is 4.79 Å². The number of carboxylic acid groups (broad SMARTS) is 1. The number of hydrogen-bond donors (Lipinski definition) is 2. The molecule has 1 aromatic rings. The summed E-state index contributed by atoms with van der Waals surface area (Å²) in [7, 11) is 1.63. The number of carbonyl (C=O) groups is 1. The van der Waals surface area contributed by atoms with Crippen molar-refractivity contribution in [3.63, 3.8) is 0 Å². The molecule has 66 valence electrons. The Labute approximate surface area is 82.5 Å². The minimum atomic E-state index is -0.855. The van der Waals surface area contributed by atoms with E-state index in [4.69, 9.17) is 5.11 Å². The number of likely N-dealkylation sites (N-methyl/N-ethyl adjacent to an activating group) is 1. The van der Waals surface area contributed by atoms with E-state index < -0.39 is 12.0 Å². The standard InChI is InChI=1S/C7H8BrNO2S/c1-9-6(7(10)11)5-2-4(8)3-12-5/h2-3,6,9H,1H3,(H,10,11)/t6-/m0/s1. The molecule has 0 unspecified atom stereocenters. The van der Waals surface area contributed by atoms with E-state index in [-0.39, 0.29) is 0 Å². The van der Waals surface area contributed by atoms with Crippen molar-refractivity contribution in [1.29, 1.82) is 0 Å². The van der Waals surface area contributed by atoms with Crippen molar-refractivity contribution < 1.29 is 9.90 Å². The minimum absolute atomic E-state index is 0.596. The second kappa shape index (κ2) is 4.02. The number of hydrogen-bond acceptors (Lipinski definition) is 3. The topological polar surface area (TPSA) is 49.3 Å². The van der Waals surface area contributed by atoms with Gasteiger partial charge in [-0.3, -0.25) is 4.79 Å². The van der Waals surface area contributed by atoms with Crippen LogP contribution in [0.15, 0.2) is 15.9 Å². The third-order valence-corrected chi connectivity index (χ3v) is 3.17. The fourth-order valence-electron chi connectivity index (χ4n) is 0.867. The van der Waals surface area contributed by atoms with E-state index in [1.807, 2.05) is 5.38 Å². The molecular formula is C7H8BrNO2S. The highest BCUT2D eigenvalue weighted by molar-refractivity contribution is 9.10. The van der Waals surface area contributed by atoms with Gasteiger partial charge in [-0.25, -0.2) is 0 Å². The van der Waals surface area contributed by atoms with E-state index in [2.05, 4.69) is 21.2 Å². The van der Waals surface area contributed by atoms with Crippen LogP contribution < -0.4 is 5.32 Å². The molecule has 0 aromatic carbocycles. The van der Waals surface area contributed by atoms with Crippen LogP contribution in [0.1, 0.15) is 10.9 Å². The van der Waals surface area contributed by atoms with Crippen LogP contribution in [0.4, 0.5) is 0 Å². The smallest absolute Gasteiger partial charge is 0.326 e. The lowest BCUT2D eigenvalue weighted by molar-refractivity contribution is -0.139. The van der Waals surface area contributed by atoms with Gasteiger partial charge in [0.15, 0.2) is 0 Å². The zero-order valence-electron chi connectivity index (χ0n) is 6.37. The molecule has 1 rings (SSSR count). The number of carboxylic acids is 1. The van der Waals surface area contributed by atoms with Crippen LogP contribution in [0.5, 0.6) is 0 Å². The van der Waals surface area contributed by atoms with Crippen molar-refractivity contribution >= 4 is 33.2 Å². The Morgan fingerprint density at radius 1 is 1.83 bits per heavy atom. The second-order valence-corrected chi connectivity index (χ2v) is 4.09. The lowest BCUT2D eigenvalue weighted by Gasteiger charge is -2.07. The molecular weight excluding hydrogens is 242 g/mol. The van der Waals surface area contributed by atoms with Gasteiger partial charge in [0.1, 0.15) is 6.04 Å². The Morgan fingerprint density at radius 3 is 2.83 bits per heavy atom. The minimum Gasteiger partial charge on any atom is -0.480 e. The lowest BCUT2D eigenvalue weighted by Crippen LogP contribution is -2.23. The molecule has 5 heteroatoms. The molecule has 0 aliphatic rings. The number of aliphatic carboxylic acids is 1. The molecule has 0 saturated heterocycles. The van der Waals surface area contributed by atoms with Gasteiger partial charge < -0.3 is 10.4 Å². The maximum Gasteiger partial charge on any atom is 0.326 e. The summed E-state index contributed by atoms with van der Waals surface area (Å²) in [6, 6.07) is 1.21. The summed E-state index contributed by atoms with van der Waals surface area (Å²) in [5.74, 6) is -0.855. The molecule has 0 aliphatic carbocycles. The van der Waals surface area contributed by atoms with Crippen molar-refractivity contribution in [2.24, 2.45) is 0 Å². The maximum absolute atomic E-state index is 10.7. The summed E-state index contributed by atoms with van der Waals surface area (Å²) in [6.45, 7) is 0. The van der Waals surface area contributed by atoms with Gasteiger partial charge in [0.2, 0.25) is 0 Å². The van der Waals surface area contributed by atoms with Gasteiger partial charge in [0, 0.05) is 14.7 Å². The van der Waals surface area contributed by atoms with Crippen molar-refractivity contribution in [2.45, 2.75) is 6.04 Å². The van der Waals surface area contributed by atoms with Gasteiger partial charge in [-0.2, -0.15) is 0 Å². The molecule has 0 saturated carbocycles. The SMILES string of the molecule is CN[C@H](C(=O)O)c1cc(Br)cs1. The monoisotopic (exact) mass is 249 g/mol. The fourth-order valence-corrected chi connectivity index (χ4v) is 2.41. The van der Waals surface area contributed by atoms with Crippen molar-refractivity contribution in [3.8, 4) is 0 Å². The number of halogens is 1. The third-order valence-electron chi connectivity index (χ3n) is 1.41. The average molecular weight is 250 g/mol. The van der Waals surface area contributed by atoms with Crippen LogP contribution in [0.2, 0.25) is 0 Å². The molecule has 0 aliphatic heterocycles. The van der Waals surface area contributed by atoms with Crippen LogP contribution in [0, 0.1) is 0 Å². The van der Waals surface area contributed by atoms with Crippen molar-refractivity contribution in [3.05, 3.63) is 20.8 Å². The predicted molar refractivity (Wildman–Crippen MR) is 51.5 cm³/mol. The molecule has 0 fully saturated rings. The zero-order chi connectivity index (χ0) is 9.14. The number of rotatable bonds is 3. The highest BCUT2D eigenvalue weighted by Crippen LogP contribution is 2.25. The Hall–Kier alpha value is -0.390. The lowest BCUT2D eigenvalue weighted by atomic mass is 10.2. The summed E-state index contributed by atoms with van der Waals surface area (Å²) >= 11 is 4.69. The third kappa shape index (κ3) is 2.06. The van der Waals surface area contributed by atoms with Gasteiger partial charge in [-0.15, -0.1) is 11.3 Å². The van der Waals surface area contributed by atoms with Crippen LogP contribution >= 0.6 is 27.3 Å². The molecule has 0 radical (unpaired) electrons. The molecule has 0 bridgehead atoms. The molecule has 1 aromatic heterocycles. The second-order valence-electron chi connectivity index (χ2n) is 2.23. The van der Waals surface area contributed by atoms with E-state index in [0.29, 0.717) is 0 Å². The van der Waals surface area contributed by atoms with Gasteiger partial charge in [0.05, 0.1) is 0 Å².